The van der Waals surface area contributed by atoms with E-state index in [0.29, 0.717) is 13.0 Å². The Balaban J connectivity index is 2.93. The smallest absolute Gasteiger partial charge is 0.141 e. The maximum absolute atomic E-state index is 9.92. The van der Waals surface area contributed by atoms with Gasteiger partial charge in [0, 0.05) is 19.0 Å². The van der Waals surface area contributed by atoms with Gasteiger partial charge < -0.3 is 16.0 Å². The summed E-state index contributed by atoms with van der Waals surface area (Å²) < 4.78 is 0. The number of rotatable bonds is 6. The van der Waals surface area contributed by atoms with Crippen LogP contribution in [0.2, 0.25) is 0 Å². The van der Waals surface area contributed by atoms with E-state index in [1.165, 1.54) is 0 Å². The van der Waals surface area contributed by atoms with Crippen molar-refractivity contribution in [1.82, 2.24) is 4.90 Å². The number of benzene rings is 1. The summed E-state index contributed by atoms with van der Waals surface area (Å²) in [6.07, 6.45) is 0.410. The van der Waals surface area contributed by atoms with Crippen LogP contribution < -0.4 is 5.73 Å². The van der Waals surface area contributed by atoms with Crippen molar-refractivity contribution in [2.45, 2.75) is 31.9 Å². The van der Waals surface area contributed by atoms with Gasteiger partial charge in [0.25, 0.3) is 0 Å². The Labute approximate surface area is 114 Å². The molecule has 0 saturated heterocycles. The molecule has 19 heavy (non-hydrogen) atoms. The molecule has 0 heterocycles. The second-order valence-corrected chi connectivity index (χ2v) is 5.45. The van der Waals surface area contributed by atoms with Crippen molar-refractivity contribution in [3.05, 3.63) is 35.9 Å². The fourth-order valence-corrected chi connectivity index (χ4v) is 2.16. The first-order valence-electron chi connectivity index (χ1n) is 6.27. The van der Waals surface area contributed by atoms with Crippen LogP contribution >= 0.6 is 0 Å². The summed E-state index contributed by atoms with van der Waals surface area (Å²) in [4.78, 5) is 2.01. The molecule has 106 valence electrons. The number of nitrogens with zero attached hydrogens (tertiary/aromatic N) is 2. The maximum Gasteiger partial charge on any atom is 0.141 e. The second kappa shape index (κ2) is 6.54. The lowest BCUT2D eigenvalue weighted by Gasteiger charge is -2.32. The number of hydrogen-bond donors (Lipinski definition) is 3. The van der Waals surface area contributed by atoms with Crippen molar-refractivity contribution in [2.75, 3.05) is 13.6 Å². The topological polar surface area (TPSA) is 82.1 Å². The van der Waals surface area contributed by atoms with Crippen LogP contribution in [-0.2, 0) is 0 Å². The number of amidine groups is 1. The number of hydrogen-bond acceptors (Lipinski definition) is 4. The van der Waals surface area contributed by atoms with E-state index in [1.807, 2.05) is 42.3 Å². The molecule has 1 aromatic rings. The van der Waals surface area contributed by atoms with Crippen LogP contribution in [0.15, 0.2) is 35.5 Å². The van der Waals surface area contributed by atoms with Crippen molar-refractivity contribution in [1.29, 1.82) is 0 Å². The van der Waals surface area contributed by atoms with E-state index in [1.54, 1.807) is 13.8 Å². The summed E-state index contributed by atoms with van der Waals surface area (Å²) in [5.41, 5.74) is 5.90. The molecule has 0 aliphatic rings. The first-order chi connectivity index (χ1) is 8.83. The highest BCUT2D eigenvalue weighted by Crippen LogP contribution is 2.24. The Kier molecular flexibility index (Phi) is 5.32. The van der Waals surface area contributed by atoms with Crippen molar-refractivity contribution in [3.8, 4) is 0 Å². The summed E-state index contributed by atoms with van der Waals surface area (Å²) in [6, 6.07) is 9.80. The van der Waals surface area contributed by atoms with Crippen LogP contribution in [0.5, 0.6) is 0 Å². The molecule has 0 aromatic heterocycles. The normalized spacial score (nSPS) is 14.7. The van der Waals surface area contributed by atoms with E-state index in [2.05, 4.69) is 5.16 Å². The predicted octanol–water partition coefficient (Wildman–Crippen LogP) is 1.57. The second-order valence-electron chi connectivity index (χ2n) is 5.45. The van der Waals surface area contributed by atoms with Crippen LogP contribution in [0.4, 0.5) is 0 Å². The zero-order chi connectivity index (χ0) is 14.5. The zero-order valence-electron chi connectivity index (χ0n) is 11.7. The Bertz CT molecular complexity index is 412. The predicted molar refractivity (Wildman–Crippen MR) is 76.1 cm³/mol. The van der Waals surface area contributed by atoms with E-state index in [4.69, 9.17) is 10.9 Å². The van der Waals surface area contributed by atoms with E-state index >= 15 is 0 Å². The molecule has 0 bridgehead atoms. The molecule has 0 radical (unpaired) electrons. The maximum atomic E-state index is 9.92. The third kappa shape index (κ3) is 5.28. The Morgan fingerprint density at radius 2 is 1.95 bits per heavy atom. The molecule has 0 aliphatic carbocycles. The SMILES string of the molecule is CN(CC(C)(C)O)C(CC(N)=NO)c1ccccc1. The lowest BCUT2D eigenvalue weighted by atomic mass is 10.00. The van der Waals surface area contributed by atoms with Gasteiger partial charge in [-0.05, 0) is 26.5 Å². The van der Waals surface area contributed by atoms with Crippen LogP contribution in [0.3, 0.4) is 0 Å². The number of aliphatic hydroxyl groups is 1. The quantitative estimate of drug-likeness (QED) is 0.315. The van der Waals surface area contributed by atoms with Gasteiger partial charge in [-0.2, -0.15) is 0 Å². The van der Waals surface area contributed by atoms with Crippen LogP contribution in [0, 0.1) is 0 Å². The van der Waals surface area contributed by atoms with Gasteiger partial charge in [-0.3, -0.25) is 4.90 Å². The molecule has 0 aliphatic heterocycles. The Hall–Kier alpha value is -1.59. The van der Waals surface area contributed by atoms with Gasteiger partial charge in [0.1, 0.15) is 5.84 Å². The minimum Gasteiger partial charge on any atom is -0.409 e. The molecule has 1 atom stereocenters. The monoisotopic (exact) mass is 265 g/mol. The standard InChI is InChI=1S/C14H23N3O2/c1-14(2,18)10-17(3)12(9-13(15)16-19)11-7-5-4-6-8-11/h4-8,12,18-19H,9-10H2,1-3H3,(H2,15,16). The first-order valence-corrected chi connectivity index (χ1v) is 6.27. The van der Waals surface area contributed by atoms with E-state index in [9.17, 15) is 5.11 Å². The summed E-state index contributed by atoms with van der Waals surface area (Å²) >= 11 is 0. The summed E-state index contributed by atoms with van der Waals surface area (Å²) in [5, 5.41) is 21.7. The van der Waals surface area contributed by atoms with E-state index in [-0.39, 0.29) is 11.9 Å². The number of likely N-dealkylation sites (N-methyl/N-ethyl adjacent to an activating group) is 1. The third-order valence-electron chi connectivity index (χ3n) is 2.88. The summed E-state index contributed by atoms with van der Waals surface area (Å²) in [5.74, 6) is 0.177. The van der Waals surface area contributed by atoms with Crippen molar-refractivity contribution < 1.29 is 10.3 Å². The molecular formula is C14H23N3O2. The zero-order valence-corrected chi connectivity index (χ0v) is 11.7. The molecular weight excluding hydrogens is 242 g/mol. The molecule has 1 unspecified atom stereocenters. The van der Waals surface area contributed by atoms with Gasteiger partial charge >= 0.3 is 0 Å². The minimum absolute atomic E-state index is 0.0384. The molecule has 5 nitrogen and oxygen atoms in total. The first kappa shape index (κ1) is 15.5. The largest absolute Gasteiger partial charge is 0.409 e. The van der Waals surface area contributed by atoms with Gasteiger partial charge in [-0.1, -0.05) is 35.5 Å². The van der Waals surface area contributed by atoms with Crippen molar-refractivity contribution in [3.63, 3.8) is 0 Å². The Morgan fingerprint density at radius 3 is 2.42 bits per heavy atom. The lowest BCUT2D eigenvalue weighted by molar-refractivity contribution is 0.0317. The van der Waals surface area contributed by atoms with Crippen LogP contribution in [0.25, 0.3) is 0 Å². The molecule has 0 amide bonds. The van der Waals surface area contributed by atoms with E-state index in [0.717, 1.165) is 5.56 Å². The molecule has 0 spiro atoms. The number of oxime groups is 1. The molecule has 0 fully saturated rings. The Morgan fingerprint density at radius 1 is 1.37 bits per heavy atom. The average Bonchev–Trinajstić information content (AvgIpc) is 2.34. The van der Waals surface area contributed by atoms with Crippen molar-refractivity contribution in [2.24, 2.45) is 10.9 Å². The minimum atomic E-state index is -0.799. The van der Waals surface area contributed by atoms with E-state index < -0.39 is 5.60 Å². The van der Waals surface area contributed by atoms with Gasteiger partial charge in [-0.15, -0.1) is 0 Å². The van der Waals surface area contributed by atoms with Crippen LogP contribution in [-0.4, -0.2) is 40.2 Å². The van der Waals surface area contributed by atoms with Gasteiger partial charge in [0.15, 0.2) is 0 Å². The highest BCUT2D eigenvalue weighted by molar-refractivity contribution is 5.80. The fraction of sp³-hybridized carbons (Fsp3) is 0.500. The molecule has 1 aromatic carbocycles. The highest BCUT2D eigenvalue weighted by Gasteiger charge is 2.24. The van der Waals surface area contributed by atoms with Gasteiger partial charge in [0.2, 0.25) is 0 Å². The van der Waals surface area contributed by atoms with Crippen LogP contribution in [0.1, 0.15) is 31.9 Å². The average molecular weight is 265 g/mol. The molecule has 0 saturated carbocycles. The summed E-state index contributed by atoms with van der Waals surface area (Å²) in [6.45, 7) is 4.01. The summed E-state index contributed by atoms with van der Waals surface area (Å²) in [7, 11) is 1.92. The number of nitrogens with two attached hydrogens (primary N) is 1. The van der Waals surface area contributed by atoms with Gasteiger partial charge in [-0.25, -0.2) is 0 Å². The molecule has 5 heteroatoms. The van der Waals surface area contributed by atoms with Crippen molar-refractivity contribution >= 4 is 5.84 Å². The third-order valence-corrected chi connectivity index (χ3v) is 2.88. The lowest BCUT2D eigenvalue weighted by Crippen LogP contribution is -2.39. The van der Waals surface area contributed by atoms with Gasteiger partial charge in [0.05, 0.1) is 5.60 Å². The molecule has 4 N–H and O–H groups in total. The fourth-order valence-electron chi connectivity index (χ4n) is 2.16. The molecule has 1 rings (SSSR count). The highest BCUT2D eigenvalue weighted by atomic mass is 16.4.